The maximum Gasteiger partial charge on any atom is 0.0487 e. The summed E-state index contributed by atoms with van der Waals surface area (Å²) >= 11 is 0. The molecule has 2 rings (SSSR count). The lowest BCUT2D eigenvalue weighted by molar-refractivity contribution is 1.11. The van der Waals surface area contributed by atoms with Crippen LogP contribution in [-0.4, -0.2) is 0 Å². The fraction of sp³-hybridized carbons (Fsp3) is 0.222. The highest BCUT2D eigenvalue weighted by Gasteiger charge is 2.12. The summed E-state index contributed by atoms with van der Waals surface area (Å²) < 4.78 is 0. The molecule has 0 aliphatic rings. The minimum atomic E-state index is 1.03. The Kier molecular flexibility index (Phi) is 4.06. The van der Waals surface area contributed by atoms with E-state index in [1.165, 1.54) is 16.8 Å². The second-order valence-corrected chi connectivity index (χ2v) is 4.88. The van der Waals surface area contributed by atoms with E-state index in [0.29, 0.717) is 0 Å². The SMILES string of the molecule is C=C(C)N(c1ccccc1)c1ccc(CC)cc1C. The lowest BCUT2D eigenvalue weighted by Crippen LogP contribution is -2.14. The first-order chi connectivity index (χ1) is 9.13. The van der Waals surface area contributed by atoms with E-state index in [-0.39, 0.29) is 0 Å². The first-order valence-electron chi connectivity index (χ1n) is 6.73. The molecular weight excluding hydrogens is 230 g/mol. The Balaban J connectivity index is 2.49. The molecule has 0 bridgehead atoms. The molecule has 1 nitrogen and oxygen atoms in total. The zero-order valence-electron chi connectivity index (χ0n) is 12.0. The molecule has 2 aromatic carbocycles. The normalized spacial score (nSPS) is 10.3. The summed E-state index contributed by atoms with van der Waals surface area (Å²) in [7, 11) is 0. The molecule has 0 aliphatic heterocycles. The molecule has 0 aromatic heterocycles. The van der Waals surface area contributed by atoms with Crippen LogP contribution in [0.1, 0.15) is 25.0 Å². The van der Waals surface area contributed by atoms with Gasteiger partial charge in [-0.25, -0.2) is 0 Å². The number of hydrogen-bond donors (Lipinski definition) is 0. The van der Waals surface area contributed by atoms with E-state index in [0.717, 1.165) is 17.8 Å². The van der Waals surface area contributed by atoms with Gasteiger partial charge >= 0.3 is 0 Å². The molecule has 2 aromatic rings. The Labute approximate surface area is 116 Å². The molecule has 0 radical (unpaired) electrons. The molecular formula is C18H21N. The predicted molar refractivity (Wildman–Crippen MR) is 84.0 cm³/mol. The highest BCUT2D eigenvalue weighted by atomic mass is 15.1. The Morgan fingerprint density at radius 2 is 1.79 bits per heavy atom. The number of hydrogen-bond acceptors (Lipinski definition) is 1. The van der Waals surface area contributed by atoms with Crippen LogP contribution in [0.5, 0.6) is 0 Å². The quantitative estimate of drug-likeness (QED) is 0.719. The molecule has 0 aliphatic carbocycles. The number of nitrogens with zero attached hydrogens (tertiary/aromatic N) is 1. The van der Waals surface area contributed by atoms with Gasteiger partial charge in [-0.05, 0) is 49.6 Å². The monoisotopic (exact) mass is 251 g/mol. The molecule has 0 atom stereocenters. The van der Waals surface area contributed by atoms with Crippen molar-refractivity contribution in [1.82, 2.24) is 0 Å². The smallest absolute Gasteiger partial charge is 0.0487 e. The number of aryl methyl sites for hydroxylation is 2. The third-order valence-corrected chi connectivity index (χ3v) is 3.31. The lowest BCUT2D eigenvalue weighted by atomic mass is 10.1. The van der Waals surface area contributed by atoms with Crippen LogP contribution in [0.25, 0.3) is 0 Å². The van der Waals surface area contributed by atoms with E-state index in [2.05, 4.69) is 67.8 Å². The van der Waals surface area contributed by atoms with E-state index >= 15 is 0 Å². The van der Waals surface area contributed by atoms with Crippen LogP contribution >= 0.6 is 0 Å². The second-order valence-electron chi connectivity index (χ2n) is 4.88. The van der Waals surface area contributed by atoms with Crippen molar-refractivity contribution in [2.75, 3.05) is 4.90 Å². The summed E-state index contributed by atoms with van der Waals surface area (Å²) in [5, 5.41) is 0. The fourth-order valence-corrected chi connectivity index (χ4v) is 2.33. The molecule has 0 saturated heterocycles. The summed E-state index contributed by atoms with van der Waals surface area (Å²) in [5.74, 6) is 0. The van der Waals surface area contributed by atoms with E-state index in [1.807, 2.05) is 13.0 Å². The molecule has 0 N–H and O–H groups in total. The van der Waals surface area contributed by atoms with Crippen LogP contribution in [0.2, 0.25) is 0 Å². The van der Waals surface area contributed by atoms with Gasteiger partial charge in [-0.1, -0.05) is 43.8 Å². The average Bonchev–Trinajstić information content (AvgIpc) is 2.41. The van der Waals surface area contributed by atoms with E-state index in [1.54, 1.807) is 0 Å². The zero-order valence-corrected chi connectivity index (χ0v) is 12.0. The summed E-state index contributed by atoms with van der Waals surface area (Å²) in [6, 6.07) is 17.0. The van der Waals surface area contributed by atoms with Crippen LogP contribution in [0.4, 0.5) is 11.4 Å². The number of anilines is 2. The molecule has 0 saturated carbocycles. The van der Waals surface area contributed by atoms with Crippen molar-refractivity contribution in [1.29, 1.82) is 0 Å². The third kappa shape index (κ3) is 2.87. The first-order valence-corrected chi connectivity index (χ1v) is 6.73. The van der Waals surface area contributed by atoms with Crippen molar-refractivity contribution in [3.63, 3.8) is 0 Å². The Morgan fingerprint density at radius 1 is 1.11 bits per heavy atom. The molecule has 0 spiro atoms. The standard InChI is InChI=1S/C18H21N/c1-5-16-11-12-18(15(4)13-16)19(14(2)3)17-9-7-6-8-10-17/h6-13H,2,5H2,1,3-4H3. The Hall–Kier alpha value is -2.02. The topological polar surface area (TPSA) is 3.24 Å². The summed E-state index contributed by atoms with van der Waals surface area (Å²) in [4.78, 5) is 2.20. The van der Waals surface area contributed by atoms with Crippen LogP contribution < -0.4 is 4.90 Å². The zero-order chi connectivity index (χ0) is 13.8. The lowest BCUT2D eigenvalue weighted by Gasteiger charge is -2.27. The first kappa shape index (κ1) is 13.4. The highest BCUT2D eigenvalue weighted by Crippen LogP contribution is 2.31. The predicted octanol–water partition coefficient (Wildman–Crippen LogP) is 5.23. The largest absolute Gasteiger partial charge is 0.315 e. The summed E-state index contributed by atoms with van der Waals surface area (Å²) in [6.45, 7) is 10.5. The average molecular weight is 251 g/mol. The van der Waals surface area contributed by atoms with Gasteiger partial charge < -0.3 is 4.90 Å². The van der Waals surface area contributed by atoms with Crippen LogP contribution in [0, 0.1) is 6.92 Å². The highest BCUT2D eigenvalue weighted by molar-refractivity contribution is 5.70. The number of allylic oxidation sites excluding steroid dienone is 1. The van der Waals surface area contributed by atoms with Gasteiger partial charge in [0.15, 0.2) is 0 Å². The minimum absolute atomic E-state index is 1.03. The molecule has 19 heavy (non-hydrogen) atoms. The number of para-hydroxylation sites is 1. The van der Waals surface area contributed by atoms with Gasteiger partial charge in [-0.3, -0.25) is 0 Å². The van der Waals surface area contributed by atoms with E-state index in [4.69, 9.17) is 0 Å². The van der Waals surface area contributed by atoms with Gasteiger partial charge in [-0.2, -0.15) is 0 Å². The van der Waals surface area contributed by atoms with E-state index < -0.39 is 0 Å². The van der Waals surface area contributed by atoms with Gasteiger partial charge in [0.2, 0.25) is 0 Å². The van der Waals surface area contributed by atoms with Crippen LogP contribution in [0.15, 0.2) is 60.8 Å². The molecule has 0 fully saturated rings. The van der Waals surface area contributed by atoms with Crippen molar-refractivity contribution in [2.24, 2.45) is 0 Å². The minimum Gasteiger partial charge on any atom is -0.315 e. The molecule has 0 unspecified atom stereocenters. The second kappa shape index (κ2) is 5.75. The fourth-order valence-electron chi connectivity index (χ4n) is 2.33. The molecule has 0 heterocycles. The van der Waals surface area contributed by atoms with Gasteiger partial charge in [0, 0.05) is 17.1 Å². The summed E-state index contributed by atoms with van der Waals surface area (Å²) in [6.07, 6.45) is 1.07. The van der Waals surface area contributed by atoms with Crippen molar-refractivity contribution in [2.45, 2.75) is 27.2 Å². The Morgan fingerprint density at radius 3 is 2.32 bits per heavy atom. The van der Waals surface area contributed by atoms with Crippen LogP contribution in [0.3, 0.4) is 0 Å². The van der Waals surface area contributed by atoms with Crippen molar-refractivity contribution in [3.05, 3.63) is 71.9 Å². The maximum absolute atomic E-state index is 4.12. The van der Waals surface area contributed by atoms with Gasteiger partial charge in [0.1, 0.15) is 0 Å². The van der Waals surface area contributed by atoms with Gasteiger partial charge in [0.25, 0.3) is 0 Å². The Bertz CT molecular complexity index is 569. The van der Waals surface area contributed by atoms with Crippen molar-refractivity contribution in [3.8, 4) is 0 Å². The number of benzene rings is 2. The summed E-state index contributed by atoms with van der Waals surface area (Å²) in [5.41, 5.74) is 6.04. The van der Waals surface area contributed by atoms with Gasteiger partial charge in [0.05, 0.1) is 0 Å². The third-order valence-electron chi connectivity index (χ3n) is 3.31. The van der Waals surface area contributed by atoms with E-state index in [9.17, 15) is 0 Å². The molecule has 98 valence electrons. The number of rotatable bonds is 4. The molecule has 0 amide bonds. The molecule has 1 heteroatoms. The van der Waals surface area contributed by atoms with Gasteiger partial charge in [-0.15, -0.1) is 0 Å². The van der Waals surface area contributed by atoms with Crippen LogP contribution in [-0.2, 0) is 6.42 Å². The van der Waals surface area contributed by atoms with Crippen molar-refractivity contribution < 1.29 is 0 Å². The maximum atomic E-state index is 4.12. The van der Waals surface area contributed by atoms with Crippen molar-refractivity contribution >= 4 is 11.4 Å².